The smallest absolute Gasteiger partial charge is 0.272 e. The topological polar surface area (TPSA) is 130 Å². The fraction of sp³-hybridized carbons (Fsp3) is 0.0278. The normalized spacial score (nSPS) is 11.6. The SMILES string of the molecule is O=C(Nc1ccc(SC(C(=O)Nc2ccccc2)c2ccccc2)cc1)/C(=C/c1ccc([N+](=O)[O-])cc1)NC(=O)c1ccccc1. The van der Waals surface area contributed by atoms with Crippen molar-refractivity contribution >= 4 is 52.6 Å². The Balaban J connectivity index is 1.33. The summed E-state index contributed by atoms with van der Waals surface area (Å²) in [6.45, 7) is 0. The Labute approximate surface area is 269 Å². The number of hydrogen-bond acceptors (Lipinski definition) is 6. The summed E-state index contributed by atoms with van der Waals surface area (Å²) >= 11 is 1.37. The Hall–Kier alpha value is -6.00. The number of nitrogens with zero attached hydrogens (tertiary/aromatic N) is 1. The zero-order chi connectivity index (χ0) is 32.3. The first-order chi connectivity index (χ1) is 22.4. The summed E-state index contributed by atoms with van der Waals surface area (Å²) in [4.78, 5) is 51.0. The Morgan fingerprint density at radius 1 is 0.674 bits per heavy atom. The third kappa shape index (κ3) is 8.55. The van der Waals surface area contributed by atoms with Gasteiger partial charge in [-0.3, -0.25) is 24.5 Å². The molecule has 10 heteroatoms. The number of carbonyl (C=O) groups is 3. The number of anilines is 2. The number of benzene rings is 5. The molecule has 9 nitrogen and oxygen atoms in total. The predicted octanol–water partition coefficient (Wildman–Crippen LogP) is 7.48. The summed E-state index contributed by atoms with van der Waals surface area (Å²) in [6.07, 6.45) is 1.44. The third-order valence-corrected chi connectivity index (χ3v) is 7.96. The van der Waals surface area contributed by atoms with E-state index in [1.807, 2.05) is 60.7 Å². The number of nitro groups is 1. The van der Waals surface area contributed by atoms with Gasteiger partial charge in [-0.2, -0.15) is 0 Å². The Morgan fingerprint density at radius 2 is 1.24 bits per heavy atom. The van der Waals surface area contributed by atoms with E-state index in [0.29, 0.717) is 22.5 Å². The average molecular weight is 629 g/mol. The van der Waals surface area contributed by atoms with Crippen LogP contribution in [0.5, 0.6) is 0 Å². The highest BCUT2D eigenvalue weighted by molar-refractivity contribution is 8.00. The molecule has 0 aliphatic carbocycles. The molecule has 0 saturated heterocycles. The van der Waals surface area contributed by atoms with Crippen molar-refractivity contribution in [3.63, 3.8) is 0 Å². The van der Waals surface area contributed by atoms with Crippen molar-refractivity contribution < 1.29 is 19.3 Å². The van der Waals surface area contributed by atoms with Gasteiger partial charge in [0.05, 0.1) is 4.92 Å². The molecule has 0 aliphatic heterocycles. The van der Waals surface area contributed by atoms with Crippen molar-refractivity contribution in [1.82, 2.24) is 5.32 Å². The maximum atomic E-state index is 13.4. The van der Waals surface area contributed by atoms with Crippen LogP contribution in [0.4, 0.5) is 17.1 Å². The molecule has 5 rings (SSSR count). The number of nitrogens with one attached hydrogen (secondary N) is 3. The van der Waals surface area contributed by atoms with Gasteiger partial charge < -0.3 is 16.0 Å². The standard InChI is InChI=1S/C36H28N4O5S/c41-34(27-12-6-2-7-13-27)39-32(24-25-16-20-30(21-17-25)40(44)45)35(42)37-29-18-22-31(23-19-29)46-33(26-10-4-1-5-11-26)36(43)38-28-14-8-3-9-15-28/h1-24,33H,(H,37,42)(H,38,43)(H,39,41)/b32-24-. The average Bonchev–Trinajstić information content (AvgIpc) is 3.09. The van der Waals surface area contributed by atoms with E-state index in [1.54, 1.807) is 54.6 Å². The number of nitro benzene ring substituents is 1. The first kappa shape index (κ1) is 31.4. The van der Waals surface area contributed by atoms with Gasteiger partial charge in [0.25, 0.3) is 17.5 Å². The van der Waals surface area contributed by atoms with Gasteiger partial charge in [0.2, 0.25) is 5.91 Å². The van der Waals surface area contributed by atoms with E-state index in [2.05, 4.69) is 16.0 Å². The first-order valence-electron chi connectivity index (χ1n) is 14.2. The minimum Gasteiger partial charge on any atom is -0.325 e. The molecule has 228 valence electrons. The molecular weight excluding hydrogens is 600 g/mol. The molecule has 0 aliphatic rings. The number of hydrogen-bond donors (Lipinski definition) is 3. The molecule has 5 aromatic rings. The van der Waals surface area contributed by atoms with Gasteiger partial charge in [-0.15, -0.1) is 11.8 Å². The number of para-hydroxylation sites is 1. The van der Waals surface area contributed by atoms with Crippen LogP contribution >= 0.6 is 11.8 Å². The van der Waals surface area contributed by atoms with Crippen molar-refractivity contribution in [2.75, 3.05) is 10.6 Å². The molecule has 0 radical (unpaired) electrons. The van der Waals surface area contributed by atoms with Crippen LogP contribution in [-0.2, 0) is 9.59 Å². The second kappa shape index (κ2) is 15.1. The van der Waals surface area contributed by atoms with Gasteiger partial charge in [0, 0.05) is 34.0 Å². The minimum atomic E-state index is -0.590. The highest BCUT2D eigenvalue weighted by Crippen LogP contribution is 2.36. The van der Waals surface area contributed by atoms with Crippen LogP contribution in [0.3, 0.4) is 0 Å². The first-order valence-corrected chi connectivity index (χ1v) is 15.1. The van der Waals surface area contributed by atoms with E-state index in [1.165, 1.54) is 42.1 Å². The van der Waals surface area contributed by atoms with Crippen molar-refractivity contribution in [2.45, 2.75) is 10.1 Å². The van der Waals surface area contributed by atoms with Crippen LogP contribution < -0.4 is 16.0 Å². The number of rotatable bonds is 11. The molecule has 0 aromatic heterocycles. The van der Waals surface area contributed by atoms with E-state index in [0.717, 1.165) is 10.5 Å². The summed E-state index contributed by atoms with van der Waals surface area (Å²) in [5, 5.41) is 19.0. The molecule has 0 spiro atoms. The van der Waals surface area contributed by atoms with Gasteiger partial charge in [-0.25, -0.2) is 0 Å². The highest BCUT2D eigenvalue weighted by atomic mass is 32.2. The van der Waals surface area contributed by atoms with Gasteiger partial charge in [-0.1, -0.05) is 66.7 Å². The monoisotopic (exact) mass is 628 g/mol. The van der Waals surface area contributed by atoms with Crippen molar-refractivity contribution in [3.05, 3.63) is 172 Å². The second-order valence-corrected chi connectivity index (χ2v) is 11.1. The van der Waals surface area contributed by atoms with E-state index < -0.39 is 22.0 Å². The van der Waals surface area contributed by atoms with Crippen molar-refractivity contribution in [3.8, 4) is 0 Å². The summed E-state index contributed by atoms with van der Waals surface area (Å²) in [5.74, 6) is -1.25. The molecule has 1 atom stereocenters. The van der Waals surface area contributed by atoms with Gasteiger partial charge in [0.15, 0.2) is 0 Å². The van der Waals surface area contributed by atoms with Crippen molar-refractivity contribution in [2.24, 2.45) is 0 Å². The van der Waals surface area contributed by atoms with Crippen LogP contribution in [0, 0.1) is 10.1 Å². The van der Waals surface area contributed by atoms with E-state index in [-0.39, 0.29) is 17.3 Å². The summed E-state index contributed by atoms with van der Waals surface area (Å²) in [6, 6.07) is 39.8. The molecule has 0 heterocycles. The zero-order valence-electron chi connectivity index (χ0n) is 24.3. The van der Waals surface area contributed by atoms with E-state index in [9.17, 15) is 24.5 Å². The van der Waals surface area contributed by atoms with Crippen LogP contribution in [0.1, 0.15) is 26.7 Å². The number of thioether (sulfide) groups is 1. The third-order valence-electron chi connectivity index (χ3n) is 6.69. The fourth-order valence-electron chi connectivity index (χ4n) is 4.38. The second-order valence-electron chi connectivity index (χ2n) is 9.97. The van der Waals surface area contributed by atoms with E-state index >= 15 is 0 Å². The fourth-order valence-corrected chi connectivity index (χ4v) is 5.41. The molecule has 46 heavy (non-hydrogen) atoms. The molecule has 0 bridgehead atoms. The Bertz CT molecular complexity index is 1850. The van der Waals surface area contributed by atoms with Gasteiger partial charge >= 0.3 is 0 Å². The number of carbonyl (C=O) groups excluding carboxylic acids is 3. The highest BCUT2D eigenvalue weighted by Gasteiger charge is 2.22. The van der Waals surface area contributed by atoms with Crippen LogP contribution in [0.25, 0.3) is 6.08 Å². The van der Waals surface area contributed by atoms with E-state index in [4.69, 9.17) is 0 Å². The predicted molar refractivity (Wildman–Crippen MR) is 180 cm³/mol. The van der Waals surface area contributed by atoms with Gasteiger partial charge in [0.1, 0.15) is 10.9 Å². The molecule has 0 saturated carbocycles. The maximum absolute atomic E-state index is 13.4. The quantitative estimate of drug-likeness (QED) is 0.0602. The Morgan fingerprint density at radius 3 is 1.85 bits per heavy atom. The van der Waals surface area contributed by atoms with Gasteiger partial charge in [-0.05, 0) is 77.9 Å². The minimum absolute atomic E-state index is 0.0529. The lowest BCUT2D eigenvalue weighted by molar-refractivity contribution is -0.384. The molecule has 0 fully saturated rings. The Kier molecular flexibility index (Phi) is 10.3. The van der Waals surface area contributed by atoms with Crippen LogP contribution in [0.15, 0.2) is 150 Å². The summed E-state index contributed by atoms with van der Waals surface area (Å²) < 4.78 is 0. The summed E-state index contributed by atoms with van der Waals surface area (Å²) in [7, 11) is 0. The molecule has 3 N–H and O–H groups in total. The zero-order valence-corrected chi connectivity index (χ0v) is 25.1. The number of non-ortho nitro benzene ring substituents is 1. The molecular formula is C36H28N4O5S. The van der Waals surface area contributed by atoms with Crippen LogP contribution in [-0.4, -0.2) is 22.6 Å². The lowest BCUT2D eigenvalue weighted by Gasteiger charge is -2.17. The molecule has 1 unspecified atom stereocenters. The van der Waals surface area contributed by atoms with Crippen LogP contribution in [0.2, 0.25) is 0 Å². The lowest BCUT2D eigenvalue weighted by Crippen LogP contribution is -2.30. The molecule has 3 amide bonds. The molecule has 5 aromatic carbocycles. The largest absolute Gasteiger partial charge is 0.325 e. The maximum Gasteiger partial charge on any atom is 0.272 e. The lowest BCUT2D eigenvalue weighted by atomic mass is 10.1. The van der Waals surface area contributed by atoms with Crippen molar-refractivity contribution in [1.29, 1.82) is 0 Å². The summed E-state index contributed by atoms with van der Waals surface area (Å²) in [5.41, 5.74) is 2.69. The number of amides is 3.